The van der Waals surface area contributed by atoms with Crippen LogP contribution >= 0.6 is 0 Å². The summed E-state index contributed by atoms with van der Waals surface area (Å²) >= 11 is 0. The van der Waals surface area contributed by atoms with Crippen molar-refractivity contribution in [2.75, 3.05) is 20.2 Å². The molecule has 1 aliphatic rings. The number of piperidine rings is 1. The van der Waals surface area contributed by atoms with E-state index in [2.05, 4.69) is 0 Å². The van der Waals surface area contributed by atoms with Crippen molar-refractivity contribution in [3.8, 4) is 0 Å². The molecule has 0 amide bonds. The Balaban J connectivity index is 2.01. The molecule has 1 aliphatic heterocycles. The molecular weight excluding hydrogens is 272 g/mol. The zero-order chi connectivity index (χ0) is 14.8. The molecule has 2 heterocycles. The molecule has 1 aromatic heterocycles. The van der Waals surface area contributed by atoms with Gasteiger partial charge in [0, 0.05) is 20.1 Å². The minimum atomic E-state index is -2.98. The van der Waals surface area contributed by atoms with Crippen molar-refractivity contribution in [1.29, 1.82) is 0 Å². The first kappa shape index (κ1) is 14.9. The Hall–Kier alpha value is -1.47. The second kappa shape index (κ2) is 5.88. The molecule has 7 heteroatoms. The van der Waals surface area contributed by atoms with Crippen LogP contribution in [0.2, 0.25) is 0 Å². The molecule has 0 aliphatic carbocycles. The van der Waals surface area contributed by atoms with E-state index in [0.717, 1.165) is 0 Å². The molecule has 0 radical (unpaired) electrons. The van der Waals surface area contributed by atoms with E-state index in [4.69, 9.17) is 14.3 Å². The van der Waals surface area contributed by atoms with Gasteiger partial charge in [-0.15, -0.1) is 0 Å². The average Bonchev–Trinajstić information content (AvgIpc) is 2.75. The van der Waals surface area contributed by atoms with Gasteiger partial charge in [-0.3, -0.25) is 9.69 Å². The minimum absolute atomic E-state index is 0.102. The summed E-state index contributed by atoms with van der Waals surface area (Å²) in [5, 5.41) is 8.93. The van der Waals surface area contributed by atoms with Gasteiger partial charge in [-0.25, -0.2) is 8.78 Å². The highest BCUT2D eigenvalue weighted by molar-refractivity contribution is 5.70. The topological polar surface area (TPSA) is 62.9 Å². The van der Waals surface area contributed by atoms with E-state index >= 15 is 0 Å². The molecule has 1 N–H and O–H groups in total. The zero-order valence-electron chi connectivity index (χ0n) is 11.1. The number of carboxylic acids is 1. The molecule has 1 aromatic rings. The molecule has 0 spiro atoms. The fourth-order valence-corrected chi connectivity index (χ4v) is 2.43. The molecule has 112 valence electrons. The molecule has 1 atom stereocenters. The van der Waals surface area contributed by atoms with Crippen LogP contribution in [0.15, 0.2) is 16.5 Å². The first-order valence-electron chi connectivity index (χ1n) is 6.29. The summed E-state index contributed by atoms with van der Waals surface area (Å²) in [5.41, 5.74) is 0. The number of methoxy groups -OCH3 is 1. The smallest absolute Gasteiger partial charge is 0.308 e. The standard InChI is InChI=1S/C13H17F2NO4/c1-19-7-11-3-2-10(20-11)6-16-5-9(12(17)18)4-13(14,15)8-16/h2-3,9H,4-8H2,1H3,(H,17,18). The van der Waals surface area contributed by atoms with E-state index in [-0.39, 0.29) is 13.1 Å². The molecule has 1 saturated heterocycles. The van der Waals surface area contributed by atoms with Crippen LogP contribution in [0, 0.1) is 5.92 Å². The first-order valence-corrected chi connectivity index (χ1v) is 6.29. The molecule has 1 fully saturated rings. The lowest BCUT2D eigenvalue weighted by Gasteiger charge is -2.35. The highest BCUT2D eigenvalue weighted by Crippen LogP contribution is 2.31. The van der Waals surface area contributed by atoms with Crippen LogP contribution in [0.4, 0.5) is 8.78 Å². The van der Waals surface area contributed by atoms with Gasteiger partial charge in [-0.2, -0.15) is 0 Å². The molecule has 0 aromatic carbocycles. The Morgan fingerprint density at radius 2 is 2.25 bits per heavy atom. The van der Waals surface area contributed by atoms with Gasteiger partial charge in [0.15, 0.2) is 0 Å². The highest BCUT2D eigenvalue weighted by atomic mass is 19.3. The number of alkyl halides is 2. The molecule has 20 heavy (non-hydrogen) atoms. The maximum atomic E-state index is 13.5. The van der Waals surface area contributed by atoms with Gasteiger partial charge in [-0.05, 0) is 12.1 Å². The van der Waals surface area contributed by atoms with Crippen molar-refractivity contribution < 1.29 is 27.8 Å². The number of hydrogen-bond donors (Lipinski definition) is 1. The minimum Gasteiger partial charge on any atom is -0.481 e. The van der Waals surface area contributed by atoms with Gasteiger partial charge in [0.25, 0.3) is 5.92 Å². The van der Waals surface area contributed by atoms with E-state index < -0.39 is 30.8 Å². The number of rotatable bonds is 5. The number of furan rings is 1. The number of aliphatic carboxylic acids is 1. The summed E-state index contributed by atoms with van der Waals surface area (Å²) in [6.45, 7) is 0.138. The third-order valence-electron chi connectivity index (χ3n) is 3.21. The van der Waals surface area contributed by atoms with Crippen LogP contribution in [0.1, 0.15) is 17.9 Å². The van der Waals surface area contributed by atoms with Crippen molar-refractivity contribution in [2.45, 2.75) is 25.5 Å². The number of hydrogen-bond acceptors (Lipinski definition) is 4. The Labute approximate surface area is 115 Å². The van der Waals surface area contributed by atoms with E-state index in [1.807, 2.05) is 0 Å². The normalized spacial score (nSPS) is 22.9. The third-order valence-corrected chi connectivity index (χ3v) is 3.21. The van der Waals surface area contributed by atoms with Crippen LogP contribution in [-0.4, -0.2) is 42.1 Å². The van der Waals surface area contributed by atoms with Gasteiger partial charge in [0.2, 0.25) is 0 Å². The number of nitrogens with zero attached hydrogens (tertiary/aromatic N) is 1. The Morgan fingerprint density at radius 3 is 2.90 bits per heavy atom. The Kier molecular flexibility index (Phi) is 4.39. The molecular formula is C13H17F2NO4. The fourth-order valence-electron chi connectivity index (χ4n) is 2.43. The van der Waals surface area contributed by atoms with Crippen LogP contribution in [0.25, 0.3) is 0 Å². The monoisotopic (exact) mass is 289 g/mol. The van der Waals surface area contributed by atoms with Crippen LogP contribution in [0.5, 0.6) is 0 Å². The quantitative estimate of drug-likeness (QED) is 0.898. The molecule has 1 unspecified atom stereocenters. The lowest BCUT2D eigenvalue weighted by molar-refractivity contribution is -0.153. The number of carbonyl (C=O) groups is 1. The number of carboxylic acid groups (broad SMARTS) is 1. The zero-order valence-corrected chi connectivity index (χ0v) is 11.1. The SMILES string of the molecule is COCc1ccc(CN2CC(C(=O)O)CC(F)(F)C2)o1. The van der Waals surface area contributed by atoms with Gasteiger partial charge < -0.3 is 14.3 Å². The predicted molar refractivity (Wildman–Crippen MR) is 65.4 cm³/mol. The van der Waals surface area contributed by atoms with Crippen molar-refractivity contribution in [3.63, 3.8) is 0 Å². The van der Waals surface area contributed by atoms with Gasteiger partial charge >= 0.3 is 5.97 Å². The molecule has 0 bridgehead atoms. The van der Waals surface area contributed by atoms with E-state index in [1.54, 1.807) is 12.1 Å². The Morgan fingerprint density at radius 1 is 1.55 bits per heavy atom. The fraction of sp³-hybridized carbons (Fsp3) is 0.615. The molecule has 2 rings (SSSR count). The number of ether oxygens (including phenoxy) is 1. The van der Waals surface area contributed by atoms with Crippen molar-refractivity contribution in [3.05, 3.63) is 23.7 Å². The van der Waals surface area contributed by atoms with Crippen LogP contribution in [0.3, 0.4) is 0 Å². The summed E-state index contributed by atoms with van der Waals surface area (Å²) < 4.78 is 37.4. The molecule has 0 saturated carbocycles. The largest absolute Gasteiger partial charge is 0.481 e. The second-order valence-corrected chi connectivity index (χ2v) is 5.07. The summed E-state index contributed by atoms with van der Waals surface area (Å²) in [4.78, 5) is 12.3. The second-order valence-electron chi connectivity index (χ2n) is 5.07. The lowest BCUT2D eigenvalue weighted by atomic mass is 9.95. The van der Waals surface area contributed by atoms with Gasteiger partial charge in [0.05, 0.1) is 19.0 Å². The van der Waals surface area contributed by atoms with E-state index in [1.165, 1.54) is 12.0 Å². The Bertz CT molecular complexity index is 475. The van der Waals surface area contributed by atoms with Crippen molar-refractivity contribution in [1.82, 2.24) is 4.90 Å². The average molecular weight is 289 g/mol. The summed E-state index contributed by atoms with van der Waals surface area (Å²) in [6, 6.07) is 3.41. The van der Waals surface area contributed by atoms with Gasteiger partial charge in [-0.1, -0.05) is 0 Å². The third kappa shape index (κ3) is 3.77. The van der Waals surface area contributed by atoms with Crippen LogP contribution in [-0.2, 0) is 22.7 Å². The summed E-state index contributed by atoms with van der Waals surface area (Å²) in [5.74, 6) is -4.08. The maximum Gasteiger partial charge on any atom is 0.308 e. The summed E-state index contributed by atoms with van der Waals surface area (Å²) in [6.07, 6.45) is -0.605. The van der Waals surface area contributed by atoms with Crippen molar-refractivity contribution in [2.24, 2.45) is 5.92 Å². The predicted octanol–water partition coefficient (Wildman–Crippen LogP) is 1.97. The van der Waals surface area contributed by atoms with Crippen LogP contribution < -0.4 is 0 Å². The van der Waals surface area contributed by atoms with E-state index in [9.17, 15) is 13.6 Å². The van der Waals surface area contributed by atoms with Gasteiger partial charge in [0.1, 0.15) is 18.1 Å². The summed E-state index contributed by atoms with van der Waals surface area (Å²) in [7, 11) is 1.53. The number of halogens is 2. The lowest BCUT2D eigenvalue weighted by Crippen LogP contribution is -2.48. The highest BCUT2D eigenvalue weighted by Gasteiger charge is 2.43. The van der Waals surface area contributed by atoms with E-state index in [0.29, 0.717) is 18.1 Å². The van der Waals surface area contributed by atoms with Crippen molar-refractivity contribution >= 4 is 5.97 Å². The number of likely N-dealkylation sites (tertiary alicyclic amines) is 1. The molecule has 5 nitrogen and oxygen atoms in total. The maximum absolute atomic E-state index is 13.5. The first-order chi connectivity index (χ1) is 9.39.